The average Bonchev–Trinajstić information content (AvgIpc) is 2.60. The van der Waals surface area contributed by atoms with Gasteiger partial charge in [-0.25, -0.2) is 5.90 Å². The SMILES string of the molecule is CC(CON)c1cc2cc(Cl)ccc2[nH]1. The molecule has 0 spiro atoms. The predicted molar refractivity (Wildman–Crippen MR) is 61.9 cm³/mol. The van der Waals surface area contributed by atoms with Gasteiger partial charge in [0.05, 0.1) is 6.61 Å². The molecule has 0 aliphatic rings. The number of H-pyrrole nitrogens is 1. The zero-order chi connectivity index (χ0) is 10.8. The molecule has 1 unspecified atom stereocenters. The molecule has 2 aromatic rings. The molecular weight excluding hydrogens is 212 g/mol. The van der Waals surface area contributed by atoms with E-state index < -0.39 is 0 Å². The van der Waals surface area contributed by atoms with Gasteiger partial charge < -0.3 is 9.82 Å². The van der Waals surface area contributed by atoms with E-state index >= 15 is 0 Å². The Morgan fingerprint density at radius 3 is 3.00 bits per heavy atom. The molecule has 0 bridgehead atoms. The van der Waals surface area contributed by atoms with Crippen LogP contribution in [0.15, 0.2) is 24.3 Å². The Hall–Kier alpha value is -1.03. The lowest BCUT2D eigenvalue weighted by Crippen LogP contribution is -2.08. The van der Waals surface area contributed by atoms with Crippen molar-refractivity contribution >= 4 is 22.5 Å². The molecule has 0 saturated heterocycles. The average molecular weight is 225 g/mol. The van der Waals surface area contributed by atoms with Crippen LogP contribution in [0, 0.1) is 0 Å². The number of hydrogen-bond donors (Lipinski definition) is 2. The Bertz CT molecular complexity index is 467. The van der Waals surface area contributed by atoms with E-state index in [1.54, 1.807) is 0 Å². The number of halogens is 1. The molecule has 0 radical (unpaired) electrons. The number of nitrogens with one attached hydrogen (secondary N) is 1. The van der Waals surface area contributed by atoms with Crippen LogP contribution in [0.5, 0.6) is 0 Å². The number of fused-ring (bicyclic) bond motifs is 1. The van der Waals surface area contributed by atoms with Gasteiger partial charge >= 0.3 is 0 Å². The van der Waals surface area contributed by atoms with Gasteiger partial charge in [0, 0.05) is 27.5 Å². The van der Waals surface area contributed by atoms with Gasteiger partial charge in [-0.15, -0.1) is 0 Å². The summed E-state index contributed by atoms with van der Waals surface area (Å²) < 4.78 is 0. The third kappa shape index (κ3) is 2.15. The Kier molecular flexibility index (Phi) is 2.95. The first-order chi connectivity index (χ1) is 7.20. The van der Waals surface area contributed by atoms with E-state index in [1.165, 1.54) is 0 Å². The van der Waals surface area contributed by atoms with Gasteiger partial charge in [0.15, 0.2) is 0 Å². The molecule has 1 aromatic carbocycles. The van der Waals surface area contributed by atoms with Gasteiger partial charge in [0.25, 0.3) is 0 Å². The quantitative estimate of drug-likeness (QED) is 0.788. The van der Waals surface area contributed by atoms with Crippen molar-refractivity contribution in [2.75, 3.05) is 6.61 Å². The van der Waals surface area contributed by atoms with Crippen molar-refractivity contribution in [1.82, 2.24) is 4.98 Å². The molecule has 0 saturated carbocycles. The van der Waals surface area contributed by atoms with E-state index in [-0.39, 0.29) is 5.92 Å². The van der Waals surface area contributed by atoms with Crippen LogP contribution in [-0.4, -0.2) is 11.6 Å². The first-order valence-electron chi connectivity index (χ1n) is 4.80. The Morgan fingerprint density at radius 2 is 2.27 bits per heavy atom. The molecule has 2 rings (SSSR count). The minimum Gasteiger partial charge on any atom is -0.358 e. The molecule has 3 N–H and O–H groups in total. The van der Waals surface area contributed by atoms with Gasteiger partial charge in [-0.3, -0.25) is 0 Å². The van der Waals surface area contributed by atoms with Crippen molar-refractivity contribution in [2.45, 2.75) is 12.8 Å². The van der Waals surface area contributed by atoms with Crippen LogP contribution in [0.25, 0.3) is 10.9 Å². The van der Waals surface area contributed by atoms with Gasteiger partial charge in [-0.1, -0.05) is 18.5 Å². The maximum atomic E-state index is 5.91. The fraction of sp³-hybridized carbons (Fsp3) is 0.273. The highest BCUT2D eigenvalue weighted by Gasteiger charge is 2.08. The van der Waals surface area contributed by atoms with Crippen LogP contribution in [0.4, 0.5) is 0 Å². The summed E-state index contributed by atoms with van der Waals surface area (Å²) in [6.07, 6.45) is 0. The monoisotopic (exact) mass is 224 g/mol. The van der Waals surface area contributed by atoms with Crippen LogP contribution in [0.3, 0.4) is 0 Å². The molecule has 15 heavy (non-hydrogen) atoms. The van der Waals surface area contributed by atoms with Gasteiger partial charge in [-0.2, -0.15) is 0 Å². The maximum absolute atomic E-state index is 5.91. The third-order valence-electron chi connectivity index (χ3n) is 2.48. The van der Waals surface area contributed by atoms with E-state index in [1.807, 2.05) is 18.2 Å². The molecule has 80 valence electrons. The number of aromatic amines is 1. The summed E-state index contributed by atoms with van der Waals surface area (Å²) in [5.74, 6) is 5.30. The molecule has 4 heteroatoms. The first-order valence-corrected chi connectivity index (χ1v) is 5.18. The van der Waals surface area contributed by atoms with Gasteiger partial charge in [0.2, 0.25) is 0 Å². The van der Waals surface area contributed by atoms with Crippen molar-refractivity contribution < 1.29 is 4.84 Å². The van der Waals surface area contributed by atoms with E-state index in [0.717, 1.165) is 21.6 Å². The molecule has 0 amide bonds. The molecular formula is C11H13ClN2O. The largest absolute Gasteiger partial charge is 0.358 e. The number of nitrogens with two attached hydrogens (primary N) is 1. The van der Waals surface area contributed by atoms with Gasteiger partial charge in [-0.05, 0) is 24.3 Å². The van der Waals surface area contributed by atoms with Crippen LogP contribution >= 0.6 is 11.6 Å². The lowest BCUT2D eigenvalue weighted by atomic mass is 10.1. The summed E-state index contributed by atoms with van der Waals surface area (Å²) in [4.78, 5) is 7.94. The van der Waals surface area contributed by atoms with Crippen LogP contribution in [0.2, 0.25) is 5.02 Å². The number of rotatable bonds is 3. The second kappa shape index (κ2) is 4.23. The Morgan fingerprint density at radius 1 is 1.47 bits per heavy atom. The standard InChI is InChI=1S/C11H13ClN2O/c1-7(6-15-13)11-5-8-4-9(12)2-3-10(8)14-11/h2-5,7,14H,6,13H2,1H3. The predicted octanol–water partition coefficient (Wildman–Crippen LogP) is 2.82. The third-order valence-corrected chi connectivity index (χ3v) is 2.72. The maximum Gasteiger partial charge on any atom is 0.0759 e. The highest BCUT2D eigenvalue weighted by atomic mass is 35.5. The van der Waals surface area contributed by atoms with E-state index in [4.69, 9.17) is 17.5 Å². The Labute approximate surface area is 93.1 Å². The van der Waals surface area contributed by atoms with Crippen LogP contribution in [0.1, 0.15) is 18.5 Å². The number of hydrogen-bond acceptors (Lipinski definition) is 2. The zero-order valence-electron chi connectivity index (χ0n) is 8.46. The van der Waals surface area contributed by atoms with Crippen molar-refractivity contribution in [3.8, 4) is 0 Å². The fourth-order valence-corrected chi connectivity index (χ4v) is 1.81. The summed E-state index contributed by atoms with van der Waals surface area (Å²) in [7, 11) is 0. The Balaban J connectivity index is 2.38. The van der Waals surface area contributed by atoms with E-state index in [9.17, 15) is 0 Å². The molecule has 0 fully saturated rings. The van der Waals surface area contributed by atoms with Crippen molar-refractivity contribution in [3.05, 3.63) is 35.0 Å². The topological polar surface area (TPSA) is 51.0 Å². The minimum atomic E-state index is 0.251. The summed E-state index contributed by atoms with van der Waals surface area (Å²) >= 11 is 5.91. The normalized spacial score (nSPS) is 13.3. The van der Waals surface area contributed by atoms with E-state index in [0.29, 0.717) is 6.61 Å². The molecule has 3 nitrogen and oxygen atoms in total. The molecule has 1 atom stereocenters. The van der Waals surface area contributed by atoms with Crippen molar-refractivity contribution in [1.29, 1.82) is 0 Å². The summed E-state index contributed by atoms with van der Waals surface area (Å²) in [5.41, 5.74) is 2.19. The summed E-state index contributed by atoms with van der Waals surface area (Å²) in [6.45, 7) is 2.56. The second-order valence-electron chi connectivity index (χ2n) is 3.69. The van der Waals surface area contributed by atoms with Crippen molar-refractivity contribution in [2.24, 2.45) is 5.90 Å². The fourth-order valence-electron chi connectivity index (χ4n) is 1.63. The smallest absolute Gasteiger partial charge is 0.0759 e. The number of aromatic nitrogens is 1. The van der Waals surface area contributed by atoms with Crippen LogP contribution < -0.4 is 5.90 Å². The lowest BCUT2D eigenvalue weighted by Gasteiger charge is -2.06. The summed E-state index contributed by atoms with van der Waals surface area (Å²) in [6, 6.07) is 7.85. The second-order valence-corrected chi connectivity index (χ2v) is 4.13. The van der Waals surface area contributed by atoms with E-state index in [2.05, 4.69) is 22.8 Å². The molecule has 1 aromatic heterocycles. The van der Waals surface area contributed by atoms with Gasteiger partial charge in [0.1, 0.15) is 0 Å². The lowest BCUT2D eigenvalue weighted by molar-refractivity contribution is 0.126. The molecule has 0 aliphatic carbocycles. The molecule has 1 heterocycles. The molecule has 0 aliphatic heterocycles. The van der Waals surface area contributed by atoms with Crippen molar-refractivity contribution in [3.63, 3.8) is 0 Å². The first kappa shape index (κ1) is 10.5. The minimum absolute atomic E-state index is 0.251. The summed E-state index contributed by atoms with van der Waals surface area (Å²) in [5, 5.41) is 1.86. The highest BCUT2D eigenvalue weighted by molar-refractivity contribution is 6.31. The van der Waals surface area contributed by atoms with Crippen LogP contribution in [-0.2, 0) is 4.84 Å². The number of benzene rings is 1. The zero-order valence-corrected chi connectivity index (χ0v) is 9.21. The highest BCUT2D eigenvalue weighted by Crippen LogP contribution is 2.23.